The fourth-order valence-electron chi connectivity index (χ4n) is 2.85. The van der Waals surface area contributed by atoms with E-state index < -0.39 is 47.9 Å². The highest BCUT2D eigenvalue weighted by Gasteiger charge is 2.48. The number of imide groups is 1. The lowest BCUT2D eigenvalue weighted by Crippen LogP contribution is -2.59. The van der Waals surface area contributed by atoms with Gasteiger partial charge in [0.15, 0.2) is 19.6 Å². The maximum absolute atomic E-state index is 13.7. The average molecular weight is 294 g/mol. The van der Waals surface area contributed by atoms with Gasteiger partial charge in [-0.1, -0.05) is 0 Å². The zero-order chi connectivity index (χ0) is 15.3. The predicted molar refractivity (Wildman–Crippen MR) is 66.3 cm³/mol. The molecule has 4 nitrogen and oxygen atoms in total. The summed E-state index contributed by atoms with van der Waals surface area (Å²) in [7, 11) is 5.67. The highest BCUT2D eigenvalue weighted by Crippen LogP contribution is 2.31. The van der Waals surface area contributed by atoms with Crippen molar-refractivity contribution in [1.29, 1.82) is 0 Å². The van der Waals surface area contributed by atoms with Gasteiger partial charge in [0.05, 0.1) is 18.6 Å². The minimum atomic E-state index is -1.36. The van der Waals surface area contributed by atoms with E-state index in [9.17, 15) is 22.8 Å². The molecular weight excluding hydrogens is 284 g/mol. The number of carbonyl (C=O) groups is 2. The third-order valence-corrected chi connectivity index (χ3v) is 3.93. The molecule has 2 aliphatic heterocycles. The van der Waals surface area contributed by atoms with Gasteiger partial charge < -0.3 is 4.81 Å². The topological polar surface area (TPSA) is 40.6 Å². The molecule has 1 aromatic carbocycles. The molecule has 2 unspecified atom stereocenters. The van der Waals surface area contributed by atoms with E-state index >= 15 is 0 Å². The standard InChI is InChI=1S/C13H10BF3N2O2/c14-19-9-1-2-10(19)13(21)18(12(9)20)5-6-3-7(15)4-8(16)11(6)17/h3-4,9-10H,1-2,5H2. The van der Waals surface area contributed by atoms with Crippen molar-refractivity contribution < 1.29 is 22.8 Å². The van der Waals surface area contributed by atoms with Gasteiger partial charge >= 0.3 is 0 Å². The van der Waals surface area contributed by atoms with Crippen LogP contribution in [-0.2, 0) is 16.1 Å². The molecule has 0 saturated carbocycles. The lowest BCUT2D eigenvalue weighted by molar-refractivity contribution is -0.154. The molecule has 0 spiro atoms. The molecule has 108 valence electrons. The van der Waals surface area contributed by atoms with Crippen molar-refractivity contribution in [3.05, 3.63) is 35.1 Å². The summed E-state index contributed by atoms with van der Waals surface area (Å²) in [6, 6.07) is -0.108. The zero-order valence-electron chi connectivity index (χ0n) is 10.9. The quantitative estimate of drug-likeness (QED) is 0.462. The number of rotatable bonds is 2. The van der Waals surface area contributed by atoms with E-state index in [1.165, 1.54) is 4.81 Å². The third-order valence-electron chi connectivity index (χ3n) is 3.93. The van der Waals surface area contributed by atoms with Crippen molar-refractivity contribution >= 4 is 19.8 Å². The van der Waals surface area contributed by atoms with E-state index in [0.29, 0.717) is 18.9 Å². The van der Waals surface area contributed by atoms with Crippen LogP contribution < -0.4 is 0 Å². The summed E-state index contributed by atoms with van der Waals surface area (Å²) >= 11 is 0. The number of halogens is 3. The lowest BCUT2D eigenvalue weighted by Gasteiger charge is -2.37. The number of nitrogens with zero attached hydrogens (tertiary/aromatic N) is 2. The van der Waals surface area contributed by atoms with E-state index in [-0.39, 0.29) is 5.56 Å². The second-order valence-corrected chi connectivity index (χ2v) is 5.18. The number of benzene rings is 1. The first kappa shape index (κ1) is 14.1. The first-order valence-electron chi connectivity index (χ1n) is 6.42. The van der Waals surface area contributed by atoms with E-state index in [2.05, 4.69) is 0 Å². The second kappa shape index (κ2) is 4.87. The van der Waals surface area contributed by atoms with Gasteiger partial charge in [0, 0.05) is 11.6 Å². The second-order valence-electron chi connectivity index (χ2n) is 5.18. The lowest BCUT2D eigenvalue weighted by atomic mass is 10.1. The Bertz CT molecular complexity index is 616. The molecule has 2 heterocycles. The molecular formula is C13H10BF3N2O2. The van der Waals surface area contributed by atoms with Crippen LogP contribution >= 0.6 is 0 Å². The van der Waals surface area contributed by atoms with E-state index in [1.807, 2.05) is 0 Å². The van der Waals surface area contributed by atoms with Crippen LogP contribution in [0.15, 0.2) is 12.1 Å². The Balaban J connectivity index is 1.92. The molecule has 2 amide bonds. The van der Waals surface area contributed by atoms with Gasteiger partial charge in [0.25, 0.3) is 0 Å². The maximum atomic E-state index is 13.7. The number of hydrogen-bond donors (Lipinski definition) is 0. The fourth-order valence-corrected chi connectivity index (χ4v) is 2.85. The van der Waals surface area contributed by atoms with Crippen molar-refractivity contribution in [2.24, 2.45) is 0 Å². The summed E-state index contributed by atoms with van der Waals surface area (Å²) in [6.07, 6.45) is 0.866. The van der Waals surface area contributed by atoms with Crippen LogP contribution in [0.25, 0.3) is 0 Å². The minimum absolute atomic E-state index is 0.376. The molecule has 3 rings (SSSR count). The molecule has 2 fully saturated rings. The maximum Gasteiger partial charge on any atom is 0.245 e. The average Bonchev–Trinajstić information content (AvgIpc) is 2.75. The van der Waals surface area contributed by atoms with Crippen molar-refractivity contribution in [1.82, 2.24) is 9.71 Å². The van der Waals surface area contributed by atoms with Crippen molar-refractivity contribution in [3.8, 4) is 0 Å². The molecule has 2 aliphatic rings. The summed E-state index contributed by atoms with van der Waals surface area (Å²) in [4.78, 5) is 26.3. The fraction of sp³-hybridized carbons (Fsp3) is 0.385. The number of fused-ring (bicyclic) bond motifs is 2. The Kier molecular flexibility index (Phi) is 3.28. The third kappa shape index (κ3) is 2.14. The van der Waals surface area contributed by atoms with E-state index in [1.54, 1.807) is 0 Å². The zero-order valence-corrected chi connectivity index (χ0v) is 10.9. The first-order chi connectivity index (χ1) is 9.90. The number of hydrogen-bond acceptors (Lipinski definition) is 3. The predicted octanol–water partition coefficient (Wildman–Crippen LogP) is 0.889. The van der Waals surface area contributed by atoms with Gasteiger partial charge in [-0.25, -0.2) is 13.2 Å². The largest absolute Gasteiger partial charge is 0.333 e. The van der Waals surface area contributed by atoms with Crippen molar-refractivity contribution in [2.45, 2.75) is 31.5 Å². The van der Waals surface area contributed by atoms with Gasteiger partial charge in [-0.15, -0.1) is 0 Å². The van der Waals surface area contributed by atoms with E-state index in [0.717, 1.165) is 11.0 Å². The van der Waals surface area contributed by atoms with Crippen LogP contribution in [0.4, 0.5) is 13.2 Å². The van der Waals surface area contributed by atoms with Gasteiger partial charge in [-0.05, 0) is 18.9 Å². The van der Waals surface area contributed by atoms with Crippen LogP contribution in [0.5, 0.6) is 0 Å². The SMILES string of the molecule is [B]N1C2CCC1C(=O)N(Cc1cc(F)cc(F)c1F)C2=O. The summed E-state index contributed by atoms with van der Waals surface area (Å²) in [5.41, 5.74) is -0.376. The molecule has 0 aromatic heterocycles. The van der Waals surface area contributed by atoms with Crippen molar-refractivity contribution in [3.63, 3.8) is 0 Å². The highest BCUT2D eigenvalue weighted by molar-refractivity contribution is 6.14. The summed E-state index contributed by atoms with van der Waals surface area (Å²) < 4.78 is 40.0. The van der Waals surface area contributed by atoms with Gasteiger partial charge in [0.2, 0.25) is 11.8 Å². The number of carbonyl (C=O) groups excluding carboxylic acids is 2. The Morgan fingerprint density at radius 2 is 1.67 bits per heavy atom. The Morgan fingerprint density at radius 1 is 1.10 bits per heavy atom. The van der Waals surface area contributed by atoms with E-state index in [4.69, 9.17) is 7.98 Å². The minimum Gasteiger partial charge on any atom is -0.333 e. The number of piperazine rings is 1. The van der Waals surface area contributed by atoms with Crippen LogP contribution in [0.1, 0.15) is 18.4 Å². The molecule has 2 saturated heterocycles. The van der Waals surface area contributed by atoms with Crippen molar-refractivity contribution in [2.75, 3.05) is 0 Å². The molecule has 0 aliphatic carbocycles. The molecule has 2 radical (unpaired) electrons. The molecule has 2 atom stereocenters. The smallest absolute Gasteiger partial charge is 0.245 e. The van der Waals surface area contributed by atoms with Crippen LogP contribution in [0, 0.1) is 17.5 Å². The monoisotopic (exact) mass is 294 g/mol. The van der Waals surface area contributed by atoms with Crippen LogP contribution in [0.2, 0.25) is 0 Å². The molecule has 2 bridgehead atoms. The summed E-state index contributed by atoms with van der Waals surface area (Å²) in [5, 5.41) is 0. The molecule has 8 heteroatoms. The molecule has 0 N–H and O–H groups in total. The first-order valence-corrected chi connectivity index (χ1v) is 6.42. The summed E-state index contributed by atoms with van der Waals surface area (Å²) in [5.74, 6) is -4.73. The van der Waals surface area contributed by atoms with Crippen LogP contribution in [-0.4, -0.2) is 41.6 Å². The van der Waals surface area contributed by atoms with Crippen LogP contribution in [0.3, 0.4) is 0 Å². The number of likely N-dealkylation sites (tertiary alicyclic amines) is 1. The normalized spacial score (nSPS) is 25.8. The Morgan fingerprint density at radius 3 is 2.24 bits per heavy atom. The Hall–Kier alpha value is -1.83. The van der Waals surface area contributed by atoms with Gasteiger partial charge in [0.1, 0.15) is 5.82 Å². The Labute approximate surface area is 119 Å². The highest BCUT2D eigenvalue weighted by atomic mass is 19.2. The van der Waals surface area contributed by atoms with Gasteiger partial charge in [-0.2, -0.15) is 0 Å². The number of amides is 2. The molecule has 21 heavy (non-hydrogen) atoms. The molecule has 1 aromatic rings. The van der Waals surface area contributed by atoms with Gasteiger partial charge in [-0.3, -0.25) is 14.5 Å². The summed E-state index contributed by atoms with van der Waals surface area (Å²) in [6.45, 7) is -0.501.